The largest absolute Gasteiger partial charge is 0.490 e. The molecule has 0 aromatic heterocycles. The molecule has 3 rings (SSSR count). The lowest BCUT2D eigenvalue weighted by molar-refractivity contribution is -0.0713. The van der Waals surface area contributed by atoms with Crippen molar-refractivity contribution in [1.29, 1.82) is 0 Å². The number of β-amino-alcohol motifs (C(OH)–C–C–N with tert-alkyl or cyclic N) is 2. The third-order valence-electron chi connectivity index (χ3n) is 5.08. The lowest BCUT2D eigenvalue weighted by Gasteiger charge is -2.34. The van der Waals surface area contributed by atoms with Crippen LogP contribution in [0.3, 0.4) is 0 Å². The molecular formula is C19H29NO4. The number of hydrogen-bond acceptors (Lipinski definition) is 5. The van der Waals surface area contributed by atoms with E-state index >= 15 is 0 Å². The summed E-state index contributed by atoms with van der Waals surface area (Å²) in [6.07, 6.45) is 3.87. The van der Waals surface area contributed by atoms with Gasteiger partial charge in [-0.2, -0.15) is 0 Å². The Bertz CT molecular complexity index is 544. The van der Waals surface area contributed by atoms with Crippen LogP contribution < -0.4 is 4.74 Å². The van der Waals surface area contributed by atoms with E-state index in [9.17, 15) is 10.2 Å². The average Bonchev–Trinajstić information content (AvgIpc) is 2.88. The van der Waals surface area contributed by atoms with Crippen molar-refractivity contribution in [3.8, 4) is 5.75 Å². The highest BCUT2D eigenvalue weighted by Gasteiger charge is 2.38. The molecule has 2 fully saturated rings. The minimum Gasteiger partial charge on any atom is -0.490 e. The smallest absolute Gasteiger partial charge is 0.134 e. The van der Waals surface area contributed by atoms with E-state index in [0.29, 0.717) is 19.7 Å². The van der Waals surface area contributed by atoms with E-state index in [1.54, 1.807) is 0 Å². The summed E-state index contributed by atoms with van der Waals surface area (Å²) in [6.45, 7) is 4.80. The first-order valence-corrected chi connectivity index (χ1v) is 8.91. The summed E-state index contributed by atoms with van der Waals surface area (Å²) >= 11 is 0. The topological polar surface area (TPSA) is 62.2 Å². The molecule has 5 heteroatoms. The Balaban J connectivity index is 1.61. The second kappa shape index (κ2) is 7.40. The van der Waals surface area contributed by atoms with E-state index in [1.807, 2.05) is 31.2 Å². The van der Waals surface area contributed by atoms with Crippen LogP contribution in [0.1, 0.15) is 31.2 Å². The van der Waals surface area contributed by atoms with Crippen LogP contribution in [0.2, 0.25) is 0 Å². The molecule has 1 saturated carbocycles. The summed E-state index contributed by atoms with van der Waals surface area (Å²) in [6, 6.07) is 7.80. The Hall–Kier alpha value is -1.14. The Labute approximate surface area is 144 Å². The second-order valence-corrected chi connectivity index (χ2v) is 7.47. The Kier molecular flexibility index (Phi) is 5.45. The van der Waals surface area contributed by atoms with E-state index in [4.69, 9.17) is 9.47 Å². The van der Waals surface area contributed by atoms with Crippen LogP contribution in [-0.2, 0) is 4.74 Å². The van der Waals surface area contributed by atoms with Crippen molar-refractivity contribution in [1.82, 2.24) is 4.90 Å². The van der Waals surface area contributed by atoms with Gasteiger partial charge in [-0.15, -0.1) is 0 Å². The first-order chi connectivity index (χ1) is 11.5. The van der Waals surface area contributed by atoms with E-state index in [2.05, 4.69) is 4.90 Å². The number of nitrogens with zero attached hydrogens (tertiary/aromatic N) is 1. The zero-order valence-corrected chi connectivity index (χ0v) is 14.5. The maximum absolute atomic E-state index is 11.0. The predicted octanol–water partition coefficient (Wildman–Crippen LogP) is 1.74. The summed E-state index contributed by atoms with van der Waals surface area (Å²) in [7, 11) is 0. The molecule has 0 unspecified atom stereocenters. The Morgan fingerprint density at radius 1 is 1.17 bits per heavy atom. The lowest BCUT2D eigenvalue weighted by Crippen LogP contribution is -2.52. The van der Waals surface area contributed by atoms with Crippen molar-refractivity contribution in [2.24, 2.45) is 0 Å². The summed E-state index contributed by atoms with van der Waals surface area (Å²) in [5.41, 5.74) is -0.622. The number of hydrogen-bond donors (Lipinski definition) is 2. The highest BCUT2D eigenvalue weighted by Crippen LogP contribution is 2.31. The fourth-order valence-electron chi connectivity index (χ4n) is 3.76. The van der Waals surface area contributed by atoms with Crippen LogP contribution in [0, 0.1) is 6.92 Å². The van der Waals surface area contributed by atoms with Gasteiger partial charge in [0.2, 0.25) is 0 Å². The molecule has 0 spiro atoms. The van der Waals surface area contributed by atoms with Gasteiger partial charge in [-0.05, 0) is 31.4 Å². The molecular weight excluding hydrogens is 306 g/mol. The monoisotopic (exact) mass is 335 g/mol. The summed E-state index contributed by atoms with van der Waals surface area (Å²) in [5.74, 6) is 0.788. The van der Waals surface area contributed by atoms with E-state index < -0.39 is 11.2 Å². The van der Waals surface area contributed by atoms with Crippen molar-refractivity contribution in [3.63, 3.8) is 0 Å². The molecule has 5 nitrogen and oxygen atoms in total. The zero-order valence-electron chi connectivity index (χ0n) is 14.5. The fraction of sp³-hybridized carbons (Fsp3) is 0.684. The molecule has 0 bridgehead atoms. The van der Waals surface area contributed by atoms with Crippen molar-refractivity contribution in [2.75, 3.05) is 39.5 Å². The third kappa shape index (κ3) is 4.48. The molecule has 1 saturated heterocycles. The highest BCUT2D eigenvalue weighted by atomic mass is 16.5. The molecule has 1 heterocycles. The maximum atomic E-state index is 11.0. The van der Waals surface area contributed by atoms with Crippen molar-refractivity contribution in [2.45, 2.75) is 43.8 Å². The van der Waals surface area contributed by atoms with Crippen molar-refractivity contribution >= 4 is 0 Å². The van der Waals surface area contributed by atoms with Crippen LogP contribution in [0.15, 0.2) is 24.3 Å². The van der Waals surface area contributed by atoms with Gasteiger partial charge >= 0.3 is 0 Å². The van der Waals surface area contributed by atoms with Gasteiger partial charge in [0.1, 0.15) is 18.0 Å². The summed E-state index contributed by atoms with van der Waals surface area (Å²) in [5, 5.41) is 21.6. The Morgan fingerprint density at radius 2 is 1.92 bits per heavy atom. The fourth-order valence-corrected chi connectivity index (χ4v) is 3.76. The van der Waals surface area contributed by atoms with Crippen LogP contribution in [0.4, 0.5) is 0 Å². The number of rotatable bonds is 5. The molecule has 2 N–H and O–H groups in total. The summed E-state index contributed by atoms with van der Waals surface area (Å²) in [4.78, 5) is 2.12. The molecule has 0 amide bonds. The Morgan fingerprint density at radius 3 is 2.67 bits per heavy atom. The number of benzene rings is 1. The van der Waals surface area contributed by atoms with Crippen LogP contribution in [-0.4, -0.2) is 65.8 Å². The number of aliphatic hydroxyl groups is 2. The molecule has 1 aromatic rings. The minimum absolute atomic E-state index is 0.187. The second-order valence-electron chi connectivity index (χ2n) is 7.47. The summed E-state index contributed by atoms with van der Waals surface area (Å²) < 4.78 is 11.5. The predicted molar refractivity (Wildman–Crippen MR) is 92.3 cm³/mol. The normalized spacial score (nSPS) is 27.8. The first kappa shape index (κ1) is 17.7. The number of ether oxygens (including phenoxy) is 2. The molecule has 134 valence electrons. The average molecular weight is 335 g/mol. The molecule has 24 heavy (non-hydrogen) atoms. The number of para-hydroxylation sites is 1. The van der Waals surface area contributed by atoms with Crippen LogP contribution in [0.5, 0.6) is 5.75 Å². The van der Waals surface area contributed by atoms with Gasteiger partial charge in [0.25, 0.3) is 0 Å². The van der Waals surface area contributed by atoms with Gasteiger partial charge in [-0.1, -0.05) is 31.0 Å². The van der Waals surface area contributed by atoms with Gasteiger partial charge in [0.05, 0.1) is 18.8 Å². The standard InChI is InChI=1S/C19H29NO4/c1-16-6-2-3-7-17(16)24-15-19(22)13-20(10-11-23-14-19)12-18(21)8-4-5-9-18/h2-3,6-7,21-22H,4-5,8-15H2,1H3/t19-/m1/s1. The van der Waals surface area contributed by atoms with E-state index in [0.717, 1.165) is 43.5 Å². The maximum Gasteiger partial charge on any atom is 0.134 e. The van der Waals surface area contributed by atoms with Crippen molar-refractivity contribution in [3.05, 3.63) is 29.8 Å². The van der Waals surface area contributed by atoms with Crippen LogP contribution in [0.25, 0.3) is 0 Å². The lowest BCUT2D eigenvalue weighted by atomic mass is 10.00. The van der Waals surface area contributed by atoms with Crippen LogP contribution >= 0.6 is 0 Å². The van der Waals surface area contributed by atoms with Gasteiger partial charge < -0.3 is 19.7 Å². The van der Waals surface area contributed by atoms with Crippen molar-refractivity contribution < 1.29 is 19.7 Å². The molecule has 1 aliphatic heterocycles. The first-order valence-electron chi connectivity index (χ1n) is 8.91. The van der Waals surface area contributed by atoms with Gasteiger partial charge in [0.15, 0.2) is 0 Å². The zero-order chi connectivity index (χ0) is 17.0. The van der Waals surface area contributed by atoms with Gasteiger partial charge in [0, 0.05) is 19.6 Å². The van der Waals surface area contributed by atoms with Gasteiger partial charge in [-0.25, -0.2) is 0 Å². The highest BCUT2D eigenvalue weighted by molar-refractivity contribution is 5.31. The molecule has 1 aromatic carbocycles. The minimum atomic E-state index is -1.06. The molecule has 2 aliphatic rings. The molecule has 1 atom stereocenters. The SMILES string of the molecule is Cc1ccccc1OC[C@]1(O)COCCN(CC2(O)CCCC2)C1. The van der Waals surface area contributed by atoms with Gasteiger partial charge in [-0.3, -0.25) is 4.90 Å². The molecule has 1 aliphatic carbocycles. The quantitative estimate of drug-likeness (QED) is 0.858. The van der Waals surface area contributed by atoms with E-state index in [1.165, 1.54) is 0 Å². The molecule has 0 radical (unpaired) electrons. The number of aryl methyl sites for hydroxylation is 1. The van der Waals surface area contributed by atoms with E-state index in [-0.39, 0.29) is 13.2 Å². The third-order valence-corrected chi connectivity index (χ3v) is 5.08.